The third kappa shape index (κ3) is 2.66. The van der Waals surface area contributed by atoms with Crippen molar-refractivity contribution in [2.75, 3.05) is 0 Å². The first-order chi connectivity index (χ1) is 6.20. The van der Waals surface area contributed by atoms with E-state index in [-0.39, 0.29) is 18.2 Å². The van der Waals surface area contributed by atoms with E-state index in [9.17, 15) is 5.11 Å². The molecule has 0 aliphatic carbocycles. The van der Waals surface area contributed by atoms with Crippen molar-refractivity contribution < 1.29 is 5.11 Å². The first kappa shape index (κ1) is 13.3. The van der Waals surface area contributed by atoms with Crippen LogP contribution in [0.15, 0.2) is 12.3 Å². The highest BCUT2D eigenvalue weighted by molar-refractivity contribution is 7.79. The standard InChI is InChI=1S/C10H13NOS.ClH/c1-3-4-8-5-11-7(2)10(12)9(8)6-13;/h3-5,12-13H,6H2,1-2H3;1H. The van der Waals surface area contributed by atoms with Crippen LogP contribution < -0.4 is 0 Å². The van der Waals surface area contributed by atoms with Gasteiger partial charge in [0.05, 0.1) is 5.69 Å². The molecule has 14 heavy (non-hydrogen) atoms. The third-order valence-corrected chi connectivity index (χ3v) is 2.19. The summed E-state index contributed by atoms with van der Waals surface area (Å²) in [5.41, 5.74) is 2.42. The predicted molar refractivity (Wildman–Crippen MR) is 65.3 cm³/mol. The average Bonchev–Trinajstić information content (AvgIpc) is 2.12. The van der Waals surface area contributed by atoms with Gasteiger partial charge in [0.2, 0.25) is 0 Å². The van der Waals surface area contributed by atoms with Crippen LogP contribution in [0.25, 0.3) is 6.08 Å². The molecule has 2 nitrogen and oxygen atoms in total. The minimum atomic E-state index is 0. The van der Waals surface area contributed by atoms with Gasteiger partial charge in [-0.3, -0.25) is 4.98 Å². The van der Waals surface area contributed by atoms with Gasteiger partial charge >= 0.3 is 0 Å². The van der Waals surface area contributed by atoms with Crippen LogP contribution in [0.4, 0.5) is 0 Å². The molecule has 1 aromatic heterocycles. The Bertz CT molecular complexity index is 339. The lowest BCUT2D eigenvalue weighted by Gasteiger charge is -2.07. The molecular formula is C10H14ClNOS. The van der Waals surface area contributed by atoms with Gasteiger partial charge in [0.1, 0.15) is 5.75 Å². The number of pyridine rings is 1. The van der Waals surface area contributed by atoms with Gasteiger partial charge in [-0.2, -0.15) is 12.6 Å². The Morgan fingerprint density at radius 1 is 1.57 bits per heavy atom. The Hall–Kier alpha value is -0.670. The van der Waals surface area contributed by atoms with Crippen LogP contribution in [-0.4, -0.2) is 10.1 Å². The van der Waals surface area contributed by atoms with Crippen LogP contribution in [0, 0.1) is 6.92 Å². The molecule has 0 fully saturated rings. The van der Waals surface area contributed by atoms with E-state index in [2.05, 4.69) is 17.6 Å². The molecule has 4 heteroatoms. The minimum absolute atomic E-state index is 0. The van der Waals surface area contributed by atoms with E-state index in [1.54, 1.807) is 13.1 Å². The van der Waals surface area contributed by atoms with Crippen LogP contribution in [0.2, 0.25) is 0 Å². The summed E-state index contributed by atoms with van der Waals surface area (Å²) in [5, 5.41) is 9.66. The topological polar surface area (TPSA) is 33.1 Å². The van der Waals surface area contributed by atoms with Crippen molar-refractivity contribution in [1.29, 1.82) is 0 Å². The average molecular weight is 232 g/mol. The summed E-state index contributed by atoms with van der Waals surface area (Å²) in [4.78, 5) is 4.07. The summed E-state index contributed by atoms with van der Waals surface area (Å²) < 4.78 is 0. The zero-order valence-electron chi connectivity index (χ0n) is 8.19. The second-order valence-electron chi connectivity index (χ2n) is 2.78. The van der Waals surface area contributed by atoms with Gasteiger partial charge in [-0.25, -0.2) is 0 Å². The molecular weight excluding hydrogens is 218 g/mol. The van der Waals surface area contributed by atoms with Gasteiger partial charge in [0.25, 0.3) is 0 Å². The molecule has 0 spiro atoms. The van der Waals surface area contributed by atoms with E-state index in [1.165, 1.54) is 0 Å². The lowest BCUT2D eigenvalue weighted by molar-refractivity contribution is 0.462. The quantitative estimate of drug-likeness (QED) is 0.768. The molecule has 0 aliphatic heterocycles. The summed E-state index contributed by atoms with van der Waals surface area (Å²) in [6.45, 7) is 3.71. The van der Waals surface area contributed by atoms with E-state index in [0.29, 0.717) is 11.4 Å². The summed E-state index contributed by atoms with van der Waals surface area (Å²) in [7, 11) is 0. The van der Waals surface area contributed by atoms with Gasteiger partial charge < -0.3 is 5.11 Å². The van der Waals surface area contributed by atoms with E-state index >= 15 is 0 Å². The number of aryl methyl sites for hydroxylation is 1. The van der Waals surface area contributed by atoms with Crippen molar-refractivity contribution in [2.45, 2.75) is 19.6 Å². The molecule has 1 N–H and O–H groups in total. The number of aromatic hydroxyl groups is 1. The monoisotopic (exact) mass is 231 g/mol. The van der Waals surface area contributed by atoms with Crippen LogP contribution in [-0.2, 0) is 5.75 Å². The van der Waals surface area contributed by atoms with E-state index < -0.39 is 0 Å². The number of rotatable bonds is 2. The fourth-order valence-electron chi connectivity index (χ4n) is 1.15. The van der Waals surface area contributed by atoms with Crippen LogP contribution >= 0.6 is 25.0 Å². The molecule has 0 radical (unpaired) electrons. The lowest BCUT2D eigenvalue weighted by Crippen LogP contribution is -1.92. The Kier molecular flexibility index (Phi) is 5.65. The van der Waals surface area contributed by atoms with Crippen LogP contribution in [0.3, 0.4) is 0 Å². The minimum Gasteiger partial charge on any atom is -0.506 e. The first-order valence-corrected chi connectivity index (χ1v) is 4.75. The van der Waals surface area contributed by atoms with Crippen molar-refractivity contribution >= 4 is 31.1 Å². The normalized spacial score (nSPS) is 10.2. The van der Waals surface area contributed by atoms with E-state index in [1.807, 2.05) is 19.1 Å². The number of halogens is 1. The fraction of sp³-hybridized carbons (Fsp3) is 0.300. The van der Waals surface area contributed by atoms with Gasteiger partial charge in [-0.1, -0.05) is 12.2 Å². The van der Waals surface area contributed by atoms with E-state index in [0.717, 1.165) is 11.1 Å². The highest BCUT2D eigenvalue weighted by Crippen LogP contribution is 2.25. The summed E-state index contributed by atoms with van der Waals surface area (Å²) in [5.74, 6) is 0.778. The molecule has 0 saturated heterocycles. The number of hydrogen-bond donors (Lipinski definition) is 2. The van der Waals surface area contributed by atoms with E-state index in [4.69, 9.17) is 0 Å². The molecule has 0 atom stereocenters. The van der Waals surface area contributed by atoms with Crippen molar-refractivity contribution in [1.82, 2.24) is 4.98 Å². The number of nitrogens with zero attached hydrogens (tertiary/aromatic N) is 1. The molecule has 1 rings (SSSR count). The van der Waals surface area contributed by atoms with Crippen molar-refractivity contribution in [3.8, 4) is 5.75 Å². The van der Waals surface area contributed by atoms with Gasteiger partial charge in [-0.05, 0) is 13.8 Å². The van der Waals surface area contributed by atoms with Gasteiger partial charge in [0, 0.05) is 23.1 Å². The number of allylic oxidation sites excluding steroid dienone is 1. The summed E-state index contributed by atoms with van der Waals surface area (Å²) in [6, 6.07) is 0. The molecule has 1 heterocycles. The molecule has 0 unspecified atom stereocenters. The second kappa shape index (κ2) is 5.94. The van der Waals surface area contributed by atoms with Crippen molar-refractivity contribution in [2.24, 2.45) is 0 Å². The third-order valence-electron chi connectivity index (χ3n) is 1.88. The fourth-order valence-corrected chi connectivity index (χ4v) is 1.48. The smallest absolute Gasteiger partial charge is 0.141 e. The number of aromatic nitrogens is 1. The summed E-state index contributed by atoms with van der Waals surface area (Å²) >= 11 is 4.17. The second-order valence-corrected chi connectivity index (χ2v) is 3.10. The molecule has 0 bridgehead atoms. The number of hydrogen-bond acceptors (Lipinski definition) is 3. The highest BCUT2D eigenvalue weighted by atomic mass is 35.5. The maximum atomic E-state index is 9.66. The molecule has 78 valence electrons. The molecule has 0 aromatic carbocycles. The highest BCUT2D eigenvalue weighted by Gasteiger charge is 2.07. The van der Waals surface area contributed by atoms with Crippen LogP contribution in [0.1, 0.15) is 23.7 Å². The predicted octanol–water partition coefficient (Wildman–Crippen LogP) is 2.98. The van der Waals surface area contributed by atoms with Crippen LogP contribution in [0.5, 0.6) is 5.75 Å². The first-order valence-electron chi connectivity index (χ1n) is 4.11. The summed E-state index contributed by atoms with van der Waals surface area (Å²) in [6.07, 6.45) is 5.58. The maximum Gasteiger partial charge on any atom is 0.141 e. The molecule has 0 saturated carbocycles. The maximum absolute atomic E-state index is 9.66. The lowest BCUT2D eigenvalue weighted by atomic mass is 10.1. The molecule has 0 amide bonds. The Labute approximate surface area is 95.9 Å². The Morgan fingerprint density at radius 2 is 2.21 bits per heavy atom. The molecule has 1 aromatic rings. The van der Waals surface area contributed by atoms with Gasteiger partial charge in [0.15, 0.2) is 0 Å². The van der Waals surface area contributed by atoms with Gasteiger partial charge in [-0.15, -0.1) is 12.4 Å². The van der Waals surface area contributed by atoms with Crippen molar-refractivity contribution in [3.05, 3.63) is 29.1 Å². The SMILES string of the molecule is CC=Cc1cnc(C)c(O)c1CS.Cl. The zero-order valence-corrected chi connectivity index (χ0v) is 9.90. The Balaban J connectivity index is 0.00000169. The largest absolute Gasteiger partial charge is 0.506 e. The van der Waals surface area contributed by atoms with Crippen molar-refractivity contribution in [3.63, 3.8) is 0 Å². The zero-order chi connectivity index (χ0) is 9.84. The Morgan fingerprint density at radius 3 is 2.71 bits per heavy atom. The molecule has 0 aliphatic rings. The number of thiol groups is 1.